The number of nitro benzene ring substituents is 1. The van der Waals surface area contributed by atoms with Crippen LogP contribution in [-0.4, -0.2) is 23.5 Å². The van der Waals surface area contributed by atoms with Gasteiger partial charge in [0, 0.05) is 22.2 Å². The number of hydrogen-bond donors (Lipinski definition) is 0. The van der Waals surface area contributed by atoms with Crippen molar-refractivity contribution in [3.63, 3.8) is 0 Å². The number of rotatable bonds is 7. The Bertz CT molecular complexity index is 819. The highest BCUT2D eigenvalue weighted by molar-refractivity contribution is 9.10. The molecule has 0 heterocycles. The van der Waals surface area contributed by atoms with Gasteiger partial charge < -0.3 is 9.47 Å². The predicted molar refractivity (Wildman–Crippen MR) is 96.7 cm³/mol. The van der Waals surface area contributed by atoms with Crippen LogP contribution >= 0.6 is 15.9 Å². The third kappa shape index (κ3) is 5.38. The van der Waals surface area contributed by atoms with Crippen molar-refractivity contribution in [2.75, 3.05) is 6.61 Å². The summed E-state index contributed by atoms with van der Waals surface area (Å²) in [6.45, 7) is 2.06. The molecule has 8 heteroatoms. The largest absolute Gasteiger partial charge is 0.462 e. The van der Waals surface area contributed by atoms with Crippen molar-refractivity contribution in [3.8, 4) is 0 Å². The van der Waals surface area contributed by atoms with Crippen LogP contribution in [0, 0.1) is 10.1 Å². The third-order valence-electron chi connectivity index (χ3n) is 3.45. The Morgan fingerprint density at radius 3 is 2.38 bits per heavy atom. The van der Waals surface area contributed by atoms with E-state index in [9.17, 15) is 19.7 Å². The first-order valence-corrected chi connectivity index (χ1v) is 8.54. The van der Waals surface area contributed by atoms with Crippen LogP contribution in [0.1, 0.15) is 28.4 Å². The SMILES string of the molecule is CCOC(=O)c1ccc(COC(=O)Cc2ccc([N+](=O)[O-])cc2)c(Br)c1. The van der Waals surface area contributed by atoms with Crippen LogP contribution in [-0.2, 0) is 27.3 Å². The van der Waals surface area contributed by atoms with Gasteiger partial charge in [-0.25, -0.2) is 4.79 Å². The first-order chi connectivity index (χ1) is 12.4. The molecular weight excluding hydrogens is 406 g/mol. The second-order valence-corrected chi connectivity index (χ2v) is 6.14. The van der Waals surface area contributed by atoms with Crippen molar-refractivity contribution in [1.29, 1.82) is 0 Å². The van der Waals surface area contributed by atoms with Crippen molar-refractivity contribution >= 4 is 33.6 Å². The molecule has 0 saturated heterocycles. The molecule has 0 aliphatic rings. The number of non-ortho nitro benzene ring substituents is 1. The molecule has 0 fully saturated rings. The van der Waals surface area contributed by atoms with Gasteiger partial charge in [0.25, 0.3) is 5.69 Å². The second kappa shape index (κ2) is 9.10. The fourth-order valence-corrected chi connectivity index (χ4v) is 2.61. The van der Waals surface area contributed by atoms with E-state index in [1.54, 1.807) is 25.1 Å². The second-order valence-electron chi connectivity index (χ2n) is 5.29. The van der Waals surface area contributed by atoms with E-state index in [2.05, 4.69) is 15.9 Å². The average molecular weight is 422 g/mol. The van der Waals surface area contributed by atoms with Crippen molar-refractivity contribution in [3.05, 3.63) is 73.7 Å². The Hall–Kier alpha value is -2.74. The van der Waals surface area contributed by atoms with E-state index in [-0.39, 0.29) is 18.7 Å². The Morgan fingerprint density at radius 2 is 1.81 bits per heavy atom. The lowest BCUT2D eigenvalue weighted by molar-refractivity contribution is -0.384. The normalized spacial score (nSPS) is 10.2. The van der Waals surface area contributed by atoms with E-state index in [0.29, 0.717) is 27.8 Å². The minimum absolute atomic E-state index is 0.0104. The molecule has 0 atom stereocenters. The molecule has 2 aromatic carbocycles. The van der Waals surface area contributed by atoms with Crippen molar-refractivity contribution in [2.45, 2.75) is 20.0 Å². The quantitative estimate of drug-likeness (QED) is 0.383. The van der Waals surface area contributed by atoms with Crippen LogP contribution in [0.15, 0.2) is 46.9 Å². The molecule has 0 aromatic heterocycles. The fraction of sp³-hybridized carbons (Fsp3) is 0.222. The molecule has 0 unspecified atom stereocenters. The molecule has 136 valence electrons. The standard InChI is InChI=1S/C18H16BrNO6/c1-2-25-18(22)13-5-6-14(16(19)10-13)11-26-17(21)9-12-3-7-15(8-4-12)20(23)24/h3-8,10H,2,9,11H2,1H3. The Kier molecular flexibility index (Phi) is 6.85. The maximum atomic E-state index is 11.9. The zero-order chi connectivity index (χ0) is 19.1. The highest BCUT2D eigenvalue weighted by Crippen LogP contribution is 2.20. The summed E-state index contributed by atoms with van der Waals surface area (Å²) in [6, 6.07) is 10.6. The third-order valence-corrected chi connectivity index (χ3v) is 4.19. The molecule has 2 rings (SSSR count). The first-order valence-electron chi connectivity index (χ1n) is 7.75. The molecule has 0 aliphatic heterocycles. The lowest BCUT2D eigenvalue weighted by atomic mass is 10.1. The van der Waals surface area contributed by atoms with Crippen LogP contribution < -0.4 is 0 Å². The number of halogens is 1. The van der Waals surface area contributed by atoms with Gasteiger partial charge >= 0.3 is 11.9 Å². The molecule has 0 radical (unpaired) electrons. The van der Waals surface area contributed by atoms with Crippen molar-refractivity contribution in [2.24, 2.45) is 0 Å². The molecule has 7 nitrogen and oxygen atoms in total. The van der Waals surface area contributed by atoms with Gasteiger partial charge in [-0.05, 0) is 24.6 Å². The van der Waals surface area contributed by atoms with Gasteiger partial charge in [-0.2, -0.15) is 0 Å². The number of hydrogen-bond acceptors (Lipinski definition) is 6. The number of esters is 2. The minimum atomic E-state index is -0.500. The number of carbonyl (C=O) groups excluding carboxylic acids is 2. The first kappa shape index (κ1) is 19.6. The Labute approximate surface area is 158 Å². The molecule has 2 aromatic rings. The molecular formula is C18H16BrNO6. The van der Waals surface area contributed by atoms with Gasteiger partial charge in [0.05, 0.1) is 23.5 Å². The Morgan fingerprint density at radius 1 is 1.12 bits per heavy atom. The zero-order valence-electron chi connectivity index (χ0n) is 13.9. The van der Waals surface area contributed by atoms with Gasteiger partial charge in [-0.15, -0.1) is 0 Å². The van der Waals surface area contributed by atoms with Crippen molar-refractivity contribution in [1.82, 2.24) is 0 Å². The summed E-state index contributed by atoms with van der Waals surface area (Å²) in [5, 5.41) is 10.6. The number of ether oxygens (including phenoxy) is 2. The van der Waals surface area contributed by atoms with Gasteiger partial charge in [0.2, 0.25) is 0 Å². The molecule has 0 spiro atoms. The number of carbonyl (C=O) groups is 2. The summed E-state index contributed by atoms with van der Waals surface area (Å²) >= 11 is 3.34. The summed E-state index contributed by atoms with van der Waals surface area (Å²) < 4.78 is 10.8. The molecule has 0 bridgehead atoms. The van der Waals surface area contributed by atoms with E-state index < -0.39 is 16.9 Å². The predicted octanol–water partition coefficient (Wildman–Crippen LogP) is 3.82. The summed E-state index contributed by atoms with van der Waals surface area (Å²) in [6.07, 6.45) is 0.0104. The summed E-state index contributed by atoms with van der Waals surface area (Å²) in [5.74, 6) is -0.880. The number of nitro groups is 1. The van der Waals surface area contributed by atoms with E-state index in [0.717, 1.165) is 0 Å². The molecule has 0 saturated carbocycles. The monoisotopic (exact) mass is 421 g/mol. The molecule has 0 amide bonds. The highest BCUT2D eigenvalue weighted by atomic mass is 79.9. The van der Waals surface area contributed by atoms with Crippen molar-refractivity contribution < 1.29 is 24.0 Å². The lowest BCUT2D eigenvalue weighted by Gasteiger charge is -2.09. The summed E-state index contributed by atoms with van der Waals surface area (Å²) in [5.41, 5.74) is 1.69. The maximum Gasteiger partial charge on any atom is 0.338 e. The molecule has 26 heavy (non-hydrogen) atoms. The van der Waals surface area contributed by atoms with Crippen LogP contribution in [0.2, 0.25) is 0 Å². The van der Waals surface area contributed by atoms with E-state index in [1.165, 1.54) is 24.3 Å². The highest BCUT2D eigenvalue weighted by Gasteiger charge is 2.12. The number of nitrogens with zero attached hydrogens (tertiary/aromatic N) is 1. The lowest BCUT2D eigenvalue weighted by Crippen LogP contribution is -2.09. The van der Waals surface area contributed by atoms with Crippen LogP contribution in [0.3, 0.4) is 0 Å². The topological polar surface area (TPSA) is 95.7 Å². The van der Waals surface area contributed by atoms with E-state index in [1.807, 2.05) is 0 Å². The fourth-order valence-electron chi connectivity index (χ4n) is 2.12. The number of benzene rings is 2. The van der Waals surface area contributed by atoms with E-state index in [4.69, 9.17) is 9.47 Å². The smallest absolute Gasteiger partial charge is 0.338 e. The average Bonchev–Trinajstić information content (AvgIpc) is 2.61. The van der Waals surface area contributed by atoms with Crippen LogP contribution in [0.5, 0.6) is 0 Å². The van der Waals surface area contributed by atoms with Gasteiger partial charge in [0.1, 0.15) is 6.61 Å². The zero-order valence-corrected chi connectivity index (χ0v) is 15.5. The summed E-state index contributed by atoms with van der Waals surface area (Å²) in [7, 11) is 0. The maximum absolute atomic E-state index is 11.9. The Balaban J connectivity index is 1.92. The summed E-state index contributed by atoms with van der Waals surface area (Å²) in [4.78, 5) is 33.7. The van der Waals surface area contributed by atoms with Gasteiger partial charge in [-0.3, -0.25) is 14.9 Å². The van der Waals surface area contributed by atoms with Crippen LogP contribution in [0.25, 0.3) is 0 Å². The molecule has 0 N–H and O–H groups in total. The van der Waals surface area contributed by atoms with Gasteiger partial charge in [-0.1, -0.05) is 34.1 Å². The van der Waals surface area contributed by atoms with E-state index >= 15 is 0 Å². The van der Waals surface area contributed by atoms with Crippen LogP contribution in [0.4, 0.5) is 5.69 Å². The molecule has 0 aliphatic carbocycles. The van der Waals surface area contributed by atoms with Gasteiger partial charge in [0.15, 0.2) is 0 Å². The minimum Gasteiger partial charge on any atom is -0.462 e.